The second kappa shape index (κ2) is 6.78. The van der Waals surface area contributed by atoms with Crippen molar-refractivity contribution in [3.63, 3.8) is 0 Å². The molecule has 0 bridgehead atoms. The van der Waals surface area contributed by atoms with Crippen LogP contribution in [0.1, 0.15) is 53.9 Å². The fourth-order valence-electron chi connectivity index (χ4n) is 4.03. The van der Waals surface area contributed by atoms with Crippen LogP contribution in [0.2, 0.25) is 0 Å². The lowest BCUT2D eigenvalue weighted by Gasteiger charge is -2.27. The minimum absolute atomic E-state index is 0.235. The lowest BCUT2D eigenvalue weighted by molar-refractivity contribution is -0.132. The fraction of sp³-hybridized carbons (Fsp3) is 0.375. The third-order valence-electron chi connectivity index (χ3n) is 5.78. The van der Waals surface area contributed by atoms with Gasteiger partial charge in [0.2, 0.25) is 5.91 Å². The van der Waals surface area contributed by atoms with E-state index >= 15 is 0 Å². The van der Waals surface area contributed by atoms with Gasteiger partial charge in [0.05, 0.1) is 6.61 Å². The van der Waals surface area contributed by atoms with E-state index in [-0.39, 0.29) is 11.8 Å². The Labute approximate surface area is 160 Å². The van der Waals surface area contributed by atoms with Crippen molar-refractivity contribution in [1.29, 1.82) is 0 Å². The number of hydrogen-bond donors (Lipinski definition) is 0. The second-order valence-electron chi connectivity index (χ2n) is 7.85. The summed E-state index contributed by atoms with van der Waals surface area (Å²) in [6.45, 7) is 2.12. The SMILES string of the molecule is O=C(CC1CCOc2ccccc21)N1Cc2ccc(C#CC3CC3)cc2C1. The predicted molar refractivity (Wildman–Crippen MR) is 104 cm³/mol. The molecule has 1 aliphatic carbocycles. The van der Waals surface area contributed by atoms with Gasteiger partial charge in [-0.1, -0.05) is 36.1 Å². The fourth-order valence-corrected chi connectivity index (χ4v) is 4.03. The summed E-state index contributed by atoms with van der Waals surface area (Å²) in [4.78, 5) is 14.9. The molecule has 0 radical (unpaired) electrons. The number of para-hydroxylation sites is 1. The Morgan fingerprint density at radius 2 is 1.93 bits per heavy atom. The minimum Gasteiger partial charge on any atom is -0.493 e. The molecule has 5 rings (SSSR count). The van der Waals surface area contributed by atoms with Gasteiger partial charge in [0.15, 0.2) is 0 Å². The molecule has 2 aromatic carbocycles. The Kier molecular flexibility index (Phi) is 4.13. The molecule has 1 atom stereocenters. The Balaban J connectivity index is 1.27. The van der Waals surface area contributed by atoms with Crippen LogP contribution in [0, 0.1) is 17.8 Å². The van der Waals surface area contributed by atoms with E-state index in [0.717, 1.165) is 24.3 Å². The van der Waals surface area contributed by atoms with Gasteiger partial charge in [0, 0.05) is 31.0 Å². The van der Waals surface area contributed by atoms with Crippen LogP contribution >= 0.6 is 0 Å². The van der Waals surface area contributed by atoms with E-state index in [1.165, 1.54) is 29.5 Å². The lowest BCUT2D eigenvalue weighted by Crippen LogP contribution is -2.28. The number of benzene rings is 2. The van der Waals surface area contributed by atoms with E-state index in [1.54, 1.807) is 0 Å². The van der Waals surface area contributed by atoms with Gasteiger partial charge in [0.1, 0.15) is 5.75 Å². The van der Waals surface area contributed by atoms with Gasteiger partial charge in [-0.3, -0.25) is 4.79 Å². The topological polar surface area (TPSA) is 29.5 Å². The zero-order chi connectivity index (χ0) is 18.2. The minimum atomic E-state index is 0.235. The van der Waals surface area contributed by atoms with Crippen molar-refractivity contribution >= 4 is 5.91 Å². The zero-order valence-electron chi connectivity index (χ0n) is 15.4. The summed E-state index contributed by atoms with van der Waals surface area (Å²) < 4.78 is 5.73. The summed E-state index contributed by atoms with van der Waals surface area (Å²) in [5, 5.41) is 0. The van der Waals surface area contributed by atoms with E-state index in [9.17, 15) is 4.79 Å². The average Bonchev–Trinajstić information content (AvgIpc) is 3.43. The summed E-state index contributed by atoms with van der Waals surface area (Å²) in [5.41, 5.74) is 4.76. The summed E-state index contributed by atoms with van der Waals surface area (Å²) in [6, 6.07) is 14.5. The van der Waals surface area contributed by atoms with Gasteiger partial charge in [-0.05, 0) is 60.1 Å². The molecule has 2 aromatic rings. The average molecular weight is 357 g/mol. The van der Waals surface area contributed by atoms with Crippen molar-refractivity contribution in [3.8, 4) is 17.6 Å². The smallest absolute Gasteiger partial charge is 0.223 e. The van der Waals surface area contributed by atoms with Crippen molar-refractivity contribution in [1.82, 2.24) is 4.90 Å². The number of amides is 1. The van der Waals surface area contributed by atoms with Crippen molar-refractivity contribution in [2.45, 2.75) is 44.7 Å². The Morgan fingerprint density at radius 1 is 1.07 bits per heavy atom. The van der Waals surface area contributed by atoms with Crippen molar-refractivity contribution in [3.05, 3.63) is 64.7 Å². The molecular weight excluding hydrogens is 334 g/mol. The Morgan fingerprint density at radius 3 is 2.81 bits per heavy atom. The second-order valence-corrected chi connectivity index (χ2v) is 7.85. The molecule has 3 heteroatoms. The molecule has 27 heavy (non-hydrogen) atoms. The largest absolute Gasteiger partial charge is 0.493 e. The number of carbonyl (C=O) groups excluding carboxylic acids is 1. The van der Waals surface area contributed by atoms with E-state index < -0.39 is 0 Å². The number of ether oxygens (including phenoxy) is 1. The van der Waals surface area contributed by atoms with E-state index in [2.05, 4.69) is 36.1 Å². The zero-order valence-corrected chi connectivity index (χ0v) is 15.4. The highest BCUT2D eigenvalue weighted by Gasteiger charge is 2.28. The van der Waals surface area contributed by atoms with Crippen LogP contribution in [0.3, 0.4) is 0 Å². The maximum absolute atomic E-state index is 13.0. The maximum atomic E-state index is 13.0. The van der Waals surface area contributed by atoms with Gasteiger partial charge in [-0.2, -0.15) is 0 Å². The summed E-state index contributed by atoms with van der Waals surface area (Å²) >= 11 is 0. The summed E-state index contributed by atoms with van der Waals surface area (Å²) in [5.74, 6) is 8.64. The van der Waals surface area contributed by atoms with E-state index in [4.69, 9.17) is 4.74 Å². The van der Waals surface area contributed by atoms with Crippen LogP contribution in [0.5, 0.6) is 5.75 Å². The molecule has 1 saturated carbocycles. The first-order chi connectivity index (χ1) is 13.3. The highest BCUT2D eigenvalue weighted by molar-refractivity contribution is 5.78. The first kappa shape index (κ1) is 16.4. The lowest BCUT2D eigenvalue weighted by atomic mass is 9.90. The molecule has 136 valence electrons. The third kappa shape index (κ3) is 3.45. The molecular formula is C24H23NO2. The predicted octanol–water partition coefficient (Wildman–Crippen LogP) is 4.25. The molecule has 0 spiro atoms. The van der Waals surface area contributed by atoms with Crippen LogP contribution in [-0.2, 0) is 17.9 Å². The van der Waals surface area contributed by atoms with Crippen LogP contribution < -0.4 is 4.74 Å². The number of fused-ring (bicyclic) bond motifs is 2. The number of rotatable bonds is 2. The van der Waals surface area contributed by atoms with Crippen molar-refractivity contribution in [2.75, 3.05) is 6.61 Å². The van der Waals surface area contributed by atoms with Crippen molar-refractivity contribution in [2.24, 2.45) is 5.92 Å². The Bertz CT molecular complexity index is 948. The molecule has 1 fully saturated rings. The third-order valence-corrected chi connectivity index (χ3v) is 5.78. The van der Waals surface area contributed by atoms with E-state index in [1.807, 2.05) is 23.1 Å². The van der Waals surface area contributed by atoms with Gasteiger partial charge in [-0.25, -0.2) is 0 Å². The van der Waals surface area contributed by atoms with Gasteiger partial charge >= 0.3 is 0 Å². The van der Waals surface area contributed by atoms with Crippen molar-refractivity contribution < 1.29 is 9.53 Å². The van der Waals surface area contributed by atoms with Crippen LogP contribution in [-0.4, -0.2) is 17.4 Å². The van der Waals surface area contributed by atoms with Gasteiger partial charge in [-0.15, -0.1) is 0 Å². The van der Waals surface area contributed by atoms with Crippen LogP contribution in [0.25, 0.3) is 0 Å². The molecule has 2 aliphatic heterocycles. The quantitative estimate of drug-likeness (QED) is 0.752. The monoisotopic (exact) mass is 357 g/mol. The first-order valence-electron chi connectivity index (χ1n) is 9.89. The molecule has 0 saturated heterocycles. The number of carbonyl (C=O) groups is 1. The number of hydrogen-bond acceptors (Lipinski definition) is 2. The molecule has 3 aliphatic rings. The van der Waals surface area contributed by atoms with Crippen LogP contribution in [0.15, 0.2) is 42.5 Å². The molecule has 1 unspecified atom stereocenters. The standard InChI is InChI=1S/C24H23NO2/c26-24(14-19-11-12-27-23-4-2-1-3-22(19)23)25-15-20-10-9-18(13-21(20)16-25)8-7-17-5-6-17/h1-4,9-10,13,17,19H,5-6,11-12,14-16H2. The van der Waals surface area contributed by atoms with Crippen LogP contribution in [0.4, 0.5) is 0 Å². The molecule has 2 heterocycles. The molecule has 1 amide bonds. The normalized spacial score (nSPS) is 20.1. The van der Waals surface area contributed by atoms with Gasteiger partial charge < -0.3 is 9.64 Å². The summed E-state index contributed by atoms with van der Waals surface area (Å²) in [6.07, 6.45) is 3.96. The Hall–Kier alpha value is -2.73. The summed E-state index contributed by atoms with van der Waals surface area (Å²) in [7, 11) is 0. The first-order valence-corrected chi connectivity index (χ1v) is 9.89. The highest BCUT2D eigenvalue weighted by Crippen LogP contribution is 2.36. The molecule has 3 nitrogen and oxygen atoms in total. The van der Waals surface area contributed by atoms with E-state index in [0.29, 0.717) is 25.5 Å². The maximum Gasteiger partial charge on any atom is 0.223 e. The van der Waals surface area contributed by atoms with Gasteiger partial charge in [0.25, 0.3) is 0 Å². The molecule has 0 N–H and O–H groups in total. The number of nitrogens with zero attached hydrogens (tertiary/aromatic N) is 1. The highest BCUT2D eigenvalue weighted by atomic mass is 16.5. The molecule has 0 aromatic heterocycles.